The Morgan fingerprint density at radius 3 is 2.15 bits per heavy atom. The van der Waals surface area contributed by atoms with E-state index in [0.717, 1.165) is 5.69 Å². The molecule has 0 aliphatic rings. The standard InChI is InChI=1S/C19H17N/c1-14-7-3-6-10-19(14)20-13-18-12-17-9-5-4-8-16(17)11-15(18)2/h3-13H,1-2H3. The molecule has 0 spiro atoms. The summed E-state index contributed by atoms with van der Waals surface area (Å²) in [5.74, 6) is 0. The van der Waals surface area contributed by atoms with Crippen LogP contribution < -0.4 is 0 Å². The quantitative estimate of drug-likeness (QED) is 0.560. The summed E-state index contributed by atoms with van der Waals surface area (Å²) in [5, 5.41) is 2.53. The van der Waals surface area contributed by atoms with E-state index in [1.165, 1.54) is 27.5 Å². The van der Waals surface area contributed by atoms with Crippen LogP contribution >= 0.6 is 0 Å². The summed E-state index contributed by atoms with van der Waals surface area (Å²) in [6.45, 7) is 4.21. The summed E-state index contributed by atoms with van der Waals surface area (Å²) in [5.41, 5.74) is 4.65. The van der Waals surface area contributed by atoms with Gasteiger partial charge in [-0.05, 0) is 53.4 Å². The second-order valence-electron chi connectivity index (χ2n) is 5.10. The fourth-order valence-corrected chi connectivity index (χ4v) is 2.36. The number of aryl methyl sites for hydroxylation is 2. The van der Waals surface area contributed by atoms with Gasteiger partial charge in [0.1, 0.15) is 0 Å². The van der Waals surface area contributed by atoms with Gasteiger partial charge in [-0.1, -0.05) is 48.5 Å². The average molecular weight is 259 g/mol. The molecule has 20 heavy (non-hydrogen) atoms. The topological polar surface area (TPSA) is 12.4 Å². The van der Waals surface area contributed by atoms with Crippen LogP contribution in [0, 0.1) is 13.8 Å². The summed E-state index contributed by atoms with van der Waals surface area (Å²) in [7, 11) is 0. The van der Waals surface area contributed by atoms with Crippen LogP contribution in [0.1, 0.15) is 16.7 Å². The average Bonchev–Trinajstić information content (AvgIpc) is 2.46. The van der Waals surface area contributed by atoms with Gasteiger partial charge in [0, 0.05) is 6.21 Å². The normalized spacial score (nSPS) is 11.3. The summed E-state index contributed by atoms with van der Waals surface area (Å²) in [4.78, 5) is 4.62. The van der Waals surface area contributed by atoms with Crippen molar-refractivity contribution < 1.29 is 0 Å². The Bertz CT molecular complexity index is 785. The second kappa shape index (κ2) is 5.30. The molecule has 0 aromatic heterocycles. The highest BCUT2D eigenvalue weighted by Crippen LogP contribution is 2.21. The zero-order valence-electron chi connectivity index (χ0n) is 11.8. The first-order valence-corrected chi connectivity index (χ1v) is 6.83. The molecule has 0 saturated carbocycles. The smallest absolute Gasteiger partial charge is 0.0659 e. The maximum absolute atomic E-state index is 4.62. The van der Waals surface area contributed by atoms with Crippen molar-refractivity contribution >= 4 is 22.7 Å². The molecule has 0 radical (unpaired) electrons. The third kappa shape index (κ3) is 2.48. The molecule has 0 heterocycles. The fraction of sp³-hybridized carbons (Fsp3) is 0.105. The number of fused-ring (bicyclic) bond motifs is 1. The van der Waals surface area contributed by atoms with Gasteiger partial charge in [0.15, 0.2) is 0 Å². The number of rotatable bonds is 2. The molecule has 0 N–H and O–H groups in total. The molecule has 1 heteroatoms. The number of nitrogens with zero attached hydrogens (tertiary/aromatic N) is 1. The third-order valence-corrected chi connectivity index (χ3v) is 3.59. The molecule has 0 fully saturated rings. The lowest BCUT2D eigenvalue weighted by molar-refractivity contribution is 1.40. The van der Waals surface area contributed by atoms with E-state index in [1.807, 2.05) is 24.4 Å². The fourth-order valence-electron chi connectivity index (χ4n) is 2.36. The predicted molar refractivity (Wildman–Crippen MR) is 87.1 cm³/mol. The van der Waals surface area contributed by atoms with Gasteiger partial charge in [-0.15, -0.1) is 0 Å². The van der Waals surface area contributed by atoms with E-state index in [9.17, 15) is 0 Å². The minimum atomic E-state index is 1.03. The lowest BCUT2D eigenvalue weighted by atomic mass is 10.0. The van der Waals surface area contributed by atoms with Gasteiger partial charge in [-0.3, -0.25) is 4.99 Å². The zero-order valence-corrected chi connectivity index (χ0v) is 11.8. The molecule has 3 rings (SSSR count). The van der Waals surface area contributed by atoms with Crippen molar-refractivity contribution in [3.63, 3.8) is 0 Å². The largest absolute Gasteiger partial charge is 0.256 e. The summed E-state index contributed by atoms with van der Waals surface area (Å²) in [6, 6.07) is 21.0. The van der Waals surface area contributed by atoms with Crippen LogP contribution in [-0.2, 0) is 0 Å². The molecule has 1 nitrogen and oxygen atoms in total. The summed E-state index contributed by atoms with van der Waals surface area (Å²) in [6.07, 6.45) is 1.96. The van der Waals surface area contributed by atoms with Crippen LogP contribution in [0.15, 0.2) is 65.7 Å². The van der Waals surface area contributed by atoms with Gasteiger partial charge >= 0.3 is 0 Å². The van der Waals surface area contributed by atoms with Crippen molar-refractivity contribution in [1.82, 2.24) is 0 Å². The molecular formula is C19H17N. The molecule has 98 valence electrons. The van der Waals surface area contributed by atoms with Crippen LogP contribution in [0.3, 0.4) is 0 Å². The maximum atomic E-state index is 4.62. The van der Waals surface area contributed by atoms with E-state index in [1.54, 1.807) is 0 Å². The molecular weight excluding hydrogens is 242 g/mol. The van der Waals surface area contributed by atoms with E-state index in [2.05, 4.69) is 61.3 Å². The van der Waals surface area contributed by atoms with Gasteiger partial charge in [0.2, 0.25) is 0 Å². The molecule has 0 bridgehead atoms. The highest BCUT2D eigenvalue weighted by atomic mass is 14.7. The summed E-state index contributed by atoms with van der Waals surface area (Å²) < 4.78 is 0. The maximum Gasteiger partial charge on any atom is 0.0659 e. The van der Waals surface area contributed by atoms with E-state index in [4.69, 9.17) is 0 Å². The second-order valence-corrected chi connectivity index (χ2v) is 5.10. The van der Waals surface area contributed by atoms with Crippen molar-refractivity contribution in [2.45, 2.75) is 13.8 Å². The lowest BCUT2D eigenvalue weighted by Gasteiger charge is -2.04. The molecule has 3 aromatic rings. The van der Waals surface area contributed by atoms with Gasteiger partial charge in [-0.25, -0.2) is 0 Å². The van der Waals surface area contributed by atoms with Crippen molar-refractivity contribution in [2.24, 2.45) is 4.99 Å². The third-order valence-electron chi connectivity index (χ3n) is 3.59. The van der Waals surface area contributed by atoms with Crippen molar-refractivity contribution in [3.05, 3.63) is 77.4 Å². The van der Waals surface area contributed by atoms with Crippen molar-refractivity contribution in [1.29, 1.82) is 0 Å². The Morgan fingerprint density at radius 2 is 1.40 bits per heavy atom. The van der Waals surface area contributed by atoms with Gasteiger partial charge in [-0.2, -0.15) is 0 Å². The Labute approximate surface area is 119 Å². The number of benzene rings is 3. The minimum Gasteiger partial charge on any atom is -0.256 e. The number of hydrogen-bond donors (Lipinski definition) is 0. The zero-order chi connectivity index (χ0) is 13.9. The first-order valence-electron chi connectivity index (χ1n) is 6.83. The number of para-hydroxylation sites is 1. The SMILES string of the molecule is Cc1cc2ccccc2cc1C=Nc1ccccc1C. The van der Waals surface area contributed by atoms with Crippen LogP contribution in [0.4, 0.5) is 5.69 Å². The molecule has 0 unspecified atom stereocenters. The van der Waals surface area contributed by atoms with E-state index in [-0.39, 0.29) is 0 Å². The predicted octanol–water partition coefficient (Wildman–Crippen LogP) is 5.21. The monoisotopic (exact) mass is 259 g/mol. The molecule has 0 aliphatic heterocycles. The highest BCUT2D eigenvalue weighted by molar-refractivity contribution is 5.93. The van der Waals surface area contributed by atoms with Crippen molar-refractivity contribution in [3.8, 4) is 0 Å². The molecule has 0 aliphatic carbocycles. The van der Waals surface area contributed by atoms with Crippen LogP contribution in [0.5, 0.6) is 0 Å². The Morgan fingerprint density at radius 1 is 0.750 bits per heavy atom. The Hall–Kier alpha value is -2.41. The highest BCUT2D eigenvalue weighted by Gasteiger charge is 1.99. The van der Waals surface area contributed by atoms with E-state index in [0.29, 0.717) is 0 Å². The minimum absolute atomic E-state index is 1.03. The van der Waals surface area contributed by atoms with E-state index >= 15 is 0 Å². The molecule has 0 amide bonds. The van der Waals surface area contributed by atoms with Crippen LogP contribution in [0.25, 0.3) is 10.8 Å². The number of hydrogen-bond acceptors (Lipinski definition) is 1. The Kier molecular flexibility index (Phi) is 3.34. The first kappa shape index (κ1) is 12.6. The van der Waals surface area contributed by atoms with Gasteiger partial charge < -0.3 is 0 Å². The molecule has 0 atom stereocenters. The van der Waals surface area contributed by atoms with Gasteiger partial charge in [0.25, 0.3) is 0 Å². The number of aliphatic imine (C=N–C) groups is 1. The van der Waals surface area contributed by atoms with Crippen LogP contribution in [0.2, 0.25) is 0 Å². The summed E-state index contributed by atoms with van der Waals surface area (Å²) >= 11 is 0. The van der Waals surface area contributed by atoms with Crippen molar-refractivity contribution in [2.75, 3.05) is 0 Å². The first-order chi connectivity index (χ1) is 9.74. The lowest BCUT2D eigenvalue weighted by Crippen LogP contribution is -1.88. The van der Waals surface area contributed by atoms with E-state index < -0.39 is 0 Å². The molecule has 0 saturated heterocycles. The van der Waals surface area contributed by atoms with Crippen LogP contribution in [-0.4, -0.2) is 6.21 Å². The Balaban J connectivity index is 2.02. The molecule has 3 aromatic carbocycles. The van der Waals surface area contributed by atoms with Gasteiger partial charge in [0.05, 0.1) is 5.69 Å².